The quantitative estimate of drug-likeness (QED) is 0.168. The molecule has 0 saturated heterocycles. The number of rotatable bonds is 3. The second kappa shape index (κ2) is 11.6. The molecule has 0 fully saturated rings. The highest BCUT2D eigenvalue weighted by Crippen LogP contribution is 2.48. The maximum Gasteiger partial charge on any atom is 0.143 e. The molecule has 55 heavy (non-hydrogen) atoms. The summed E-state index contributed by atoms with van der Waals surface area (Å²) in [5, 5.41) is 17.0. The molecule has 0 saturated carbocycles. The maximum absolute atomic E-state index is 6.93. The Labute approximate surface area is 317 Å². The van der Waals surface area contributed by atoms with Crippen LogP contribution in [0.15, 0.2) is 199 Å². The van der Waals surface area contributed by atoms with Gasteiger partial charge in [-0.15, -0.1) is 0 Å². The maximum atomic E-state index is 6.93. The van der Waals surface area contributed by atoms with Crippen molar-refractivity contribution in [2.45, 2.75) is 0 Å². The summed E-state index contributed by atoms with van der Waals surface area (Å²) < 4.78 is 6.93. The van der Waals surface area contributed by atoms with Gasteiger partial charge in [0.05, 0.1) is 0 Å². The summed E-state index contributed by atoms with van der Waals surface area (Å²) in [6.45, 7) is 0. The first-order valence-corrected chi connectivity index (χ1v) is 19.0. The van der Waals surface area contributed by atoms with Crippen LogP contribution in [0.4, 0.5) is 0 Å². The van der Waals surface area contributed by atoms with Crippen molar-refractivity contribution in [3.8, 4) is 33.4 Å². The van der Waals surface area contributed by atoms with Crippen LogP contribution in [0.25, 0.3) is 120 Å². The summed E-state index contributed by atoms with van der Waals surface area (Å²) in [7, 11) is 0. The minimum atomic E-state index is 0.911. The smallest absolute Gasteiger partial charge is 0.143 e. The molecule has 1 heterocycles. The fraction of sp³-hybridized carbons (Fsp3) is 0. The van der Waals surface area contributed by atoms with E-state index in [4.69, 9.17) is 4.42 Å². The predicted molar refractivity (Wildman–Crippen MR) is 235 cm³/mol. The van der Waals surface area contributed by atoms with Gasteiger partial charge in [0.15, 0.2) is 0 Å². The topological polar surface area (TPSA) is 13.1 Å². The second-order valence-corrected chi connectivity index (χ2v) is 14.8. The molecule has 0 N–H and O–H groups in total. The molecular weight excluding hydrogens is 665 g/mol. The average molecular weight is 697 g/mol. The molecule has 0 amide bonds. The van der Waals surface area contributed by atoms with E-state index in [0.717, 1.165) is 27.7 Å². The van der Waals surface area contributed by atoms with Crippen molar-refractivity contribution in [1.82, 2.24) is 0 Å². The van der Waals surface area contributed by atoms with Crippen molar-refractivity contribution in [3.05, 3.63) is 194 Å². The van der Waals surface area contributed by atoms with Crippen LogP contribution >= 0.6 is 0 Å². The predicted octanol–water partition coefficient (Wildman–Crippen LogP) is 15.5. The zero-order valence-electron chi connectivity index (χ0n) is 29.9. The first-order valence-electron chi connectivity index (χ1n) is 19.0. The van der Waals surface area contributed by atoms with Crippen LogP contribution in [0, 0.1) is 0 Å². The van der Waals surface area contributed by atoms with Gasteiger partial charge in [-0.25, -0.2) is 0 Å². The lowest BCUT2D eigenvalue weighted by molar-refractivity contribution is 0.671. The van der Waals surface area contributed by atoms with Crippen molar-refractivity contribution in [2.24, 2.45) is 0 Å². The van der Waals surface area contributed by atoms with Crippen molar-refractivity contribution in [2.75, 3.05) is 0 Å². The standard InChI is InChI=1S/C54H32O/c1-3-13-35-27-41(23-21-33(35)11-1)51-44-19-9-10-20-45(44)52(42-24-22-34-12-2-4-14-36(34)28-42)48-31-40(25-26-46(48)51)47-30-39-17-7-8-18-43(39)53-49-29-37-15-5-6-16-38(37)32-50(49)55-54(47)53/h1-32H. The molecule has 0 atom stereocenters. The molecule has 0 unspecified atom stereocenters. The van der Waals surface area contributed by atoms with Crippen LogP contribution in [0.3, 0.4) is 0 Å². The Morgan fingerprint density at radius 2 is 0.745 bits per heavy atom. The van der Waals surface area contributed by atoms with E-state index in [1.807, 2.05) is 0 Å². The average Bonchev–Trinajstić information content (AvgIpc) is 3.62. The summed E-state index contributed by atoms with van der Waals surface area (Å²) in [4.78, 5) is 0. The molecular formula is C54H32O. The van der Waals surface area contributed by atoms with Gasteiger partial charge in [-0.3, -0.25) is 0 Å². The highest BCUT2D eigenvalue weighted by molar-refractivity contribution is 6.26. The fourth-order valence-corrected chi connectivity index (χ4v) is 9.18. The monoisotopic (exact) mass is 696 g/mol. The highest BCUT2D eigenvalue weighted by Gasteiger charge is 2.21. The second-order valence-electron chi connectivity index (χ2n) is 14.8. The third kappa shape index (κ3) is 4.60. The molecule has 12 rings (SSSR count). The SMILES string of the molecule is c1ccc2cc(-c3c4ccccc4c(-c4ccc5ccccc5c4)c4cc(-c5cc6ccccc6c6c5oc5cc7ccccc7cc56)ccc34)ccc2c1. The molecule has 1 heteroatoms. The van der Waals surface area contributed by atoms with Gasteiger partial charge in [-0.2, -0.15) is 0 Å². The Kier molecular flexibility index (Phi) is 6.40. The van der Waals surface area contributed by atoms with Crippen molar-refractivity contribution in [3.63, 3.8) is 0 Å². The van der Waals surface area contributed by atoms with E-state index < -0.39 is 0 Å². The number of furan rings is 1. The van der Waals surface area contributed by atoms with Crippen LogP contribution in [0.5, 0.6) is 0 Å². The third-order valence-corrected chi connectivity index (χ3v) is 11.7. The van der Waals surface area contributed by atoms with Crippen molar-refractivity contribution in [1.29, 1.82) is 0 Å². The number of fused-ring (bicyclic) bond motifs is 10. The highest BCUT2D eigenvalue weighted by atomic mass is 16.3. The number of hydrogen-bond donors (Lipinski definition) is 0. The molecule has 254 valence electrons. The molecule has 1 aromatic heterocycles. The molecule has 0 aliphatic carbocycles. The van der Waals surface area contributed by atoms with Gasteiger partial charge in [0.25, 0.3) is 0 Å². The minimum Gasteiger partial charge on any atom is -0.455 e. The molecule has 11 aromatic carbocycles. The van der Waals surface area contributed by atoms with E-state index in [-0.39, 0.29) is 0 Å². The first kappa shape index (κ1) is 30.3. The Morgan fingerprint density at radius 3 is 1.38 bits per heavy atom. The minimum absolute atomic E-state index is 0.911. The van der Waals surface area contributed by atoms with Gasteiger partial charge in [-0.05, 0) is 129 Å². The summed E-state index contributed by atoms with van der Waals surface area (Å²) in [5.41, 5.74) is 8.99. The largest absolute Gasteiger partial charge is 0.455 e. The third-order valence-electron chi connectivity index (χ3n) is 11.7. The first-order chi connectivity index (χ1) is 27.2. The summed E-state index contributed by atoms with van der Waals surface area (Å²) in [6, 6.07) is 71.2. The zero-order valence-corrected chi connectivity index (χ0v) is 29.9. The molecule has 0 radical (unpaired) electrons. The lowest BCUT2D eigenvalue weighted by Crippen LogP contribution is -1.92. The van der Waals surface area contributed by atoms with Crippen LogP contribution in [-0.2, 0) is 0 Å². The van der Waals surface area contributed by atoms with Crippen LogP contribution in [0.1, 0.15) is 0 Å². The van der Waals surface area contributed by atoms with E-state index in [2.05, 4.69) is 194 Å². The van der Waals surface area contributed by atoms with E-state index in [1.54, 1.807) is 0 Å². The van der Waals surface area contributed by atoms with Crippen LogP contribution < -0.4 is 0 Å². The lowest BCUT2D eigenvalue weighted by Gasteiger charge is -2.19. The molecule has 12 aromatic rings. The molecule has 0 bridgehead atoms. The zero-order chi connectivity index (χ0) is 36.0. The van der Waals surface area contributed by atoms with E-state index >= 15 is 0 Å². The van der Waals surface area contributed by atoms with Crippen LogP contribution in [0.2, 0.25) is 0 Å². The summed E-state index contributed by atoms with van der Waals surface area (Å²) in [6.07, 6.45) is 0. The molecule has 1 nitrogen and oxygen atoms in total. The lowest BCUT2D eigenvalue weighted by atomic mass is 9.84. The van der Waals surface area contributed by atoms with Gasteiger partial charge in [-0.1, -0.05) is 158 Å². The van der Waals surface area contributed by atoms with E-state index in [0.29, 0.717) is 0 Å². The van der Waals surface area contributed by atoms with Gasteiger partial charge < -0.3 is 4.42 Å². The van der Waals surface area contributed by atoms with Crippen molar-refractivity contribution >= 4 is 86.6 Å². The number of benzene rings is 11. The van der Waals surface area contributed by atoms with Crippen molar-refractivity contribution < 1.29 is 4.42 Å². The van der Waals surface area contributed by atoms with Gasteiger partial charge in [0.2, 0.25) is 0 Å². The van der Waals surface area contributed by atoms with Crippen LogP contribution in [-0.4, -0.2) is 0 Å². The Hall–Kier alpha value is -7.22. The van der Waals surface area contributed by atoms with Gasteiger partial charge >= 0.3 is 0 Å². The normalized spacial score (nSPS) is 12.0. The van der Waals surface area contributed by atoms with Gasteiger partial charge in [0.1, 0.15) is 11.2 Å². The Morgan fingerprint density at radius 1 is 0.273 bits per heavy atom. The fourth-order valence-electron chi connectivity index (χ4n) is 9.18. The Balaban J connectivity index is 1.21. The molecule has 0 spiro atoms. The number of hydrogen-bond acceptors (Lipinski definition) is 1. The summed E-state index contributed by atoms with van der Waals surface area (Å²) >= 11 is 0. The molecule has 0 aliphatic rings. The molecule has 0 aliphatic heterocycles. The summed E-state index contributed by atoms with van der Waals surface area (Å²) in [5.74, 6) is 0. The van der Waals surface area contributed by atoms with E-state index in [1.165, 1.54) is 92.3 Å². The van der Waals surface area contributed by atoms with E-state index in [9.17, 15) is 0 Å². The Bertz CT molecular complexity index is 3550. The van der Waals surface area contributed by atoms with Gasteiger partial charge in [0, 0.05) is 16.3 Å².